The Morgan fingerprint density at radius 3 is 2.51 bits per heavy atom. The fourth-order valence-corrected chi connectivity index (χ4v) is 4.33. The quantitative estimate of drug-likeness (QED) is 0.234. The van der Waals surface area contributed by atoms with Crippen LogP contribution in [0.2, 0.25) is 5.28 Å². The summed E-state index contributed by atoms with van der Waals surface area (Å²) in [6, 6.07) is 8.85. The van der Waals surface area contributed by atoms with Crippen LogP contribution in [-0.4, -0.2) is 69.2 Å². The summed E-state index contributed by atoms with van der Waals surface area (Å²) in [5.74, 6) is -1.74. The van der Waals surface area contributed by atoms with Gasteiger partial charge in [-0.25, -0.2) is 19.0 Å². The second-order valence-corrected chi connectivity index (χ2v) is 8.68. The third-order valence-corrected chi connectivity index (χ3v) is 6.02. The molecular formula is C24H27ClFN5O6. The smallest absolute Gasteiger partial charge is 0.350 e. The molecule has 2 N–H and O–H groups in total. The van der Waals surface area contributed by atoms with Gasteiger partial charge in [0.2, 0.25) is 5.28 Å². The van der Waals surface area contributed by atoms with Crippen LogP contribution in [0.15, 0.2) is 36.7 Å². The predicted molar refractivity (Wildman–Crippen MR) is 130 cm³/mol. The van der Waals surface area contributed by atoms with E-state index in [0.29, 0.717) is 5.56 Å². The number of aromatic nitrogens is 4. The Morgan fingerprint density at radius 2 is 1.86 bits per heavy atom. The lowest BCUT2D eigenvalue weighted by Crippen LogP contribution is -2.54. The first kappa shape index (κ1) is 26.7. The summed E-state index contributed by atoms with van der Waals surface area (Å²) in [6.45, 7) is 2.99. The highest BCUT2D eigenvalue weighted by atomic mass is 35.5. The van der Waals surface area contributed by atoms with Crippen LogP contribution in [0.5, 0.6) is 0 Å². The number of hydrogen-bond donors (Lipinski definition) is 1. The average molecular weight is 536 g/mol. The molecule has 3 atom stereocenters. The van der Waals surface area contributed by atoms with Crippen LogP contribution in [-0.2, 0) is 35.0 Å². The SMILES string of the molecule is CCOC(=O)C(Cc1ccccc1)(OCC1CC(F)C(n2cnc3c(N)nc(Cl)nc32)O1)C(=O)OCC. The van der Waals surface area contributed by atoms with Crippen molar-refractivity contribution in [2.45, 2.75) is 50.8 Å². The number of benzene rings is 1. The van der Waals surface area contributed by atoms with Crippen molar-refractivity contribution in [3.05, 3.63) is 47.5 Å². The lowest BCUT2D eigenvalue weighted by Gasteiger charge is -2.30. The monoisotopic (exact) mass is 535 g/mol. The molecular weight excluding hydrogens is 509 g/mol. The molecule has 1 saturated heterocycles. The molecule has 11 nitrogen and oxygen atoms in total. The number of rotatable bonds is 10. The molecule has 0 saturated carbocycles. The third kappa shape index (κ3) is 5.50. The third-order valence-electron chi connectivity index (χ3n) is 5.85. The number of ether oxygens (including phenoxy) is 4. The van der Waals surface area contributed by atoms with Crippen molar-refractivity contribution in [1.82, 2.24) is 19.5 Å². The summed E-state index contributed by atoms with van der Waals surface area (Å²) in [5.41, 5.74) is 4.86. The number of carbonyl (C=O) groups excluding carboxylic acids is 2. The average Bonchev–Trinajstić information content (AvgIpc) is 3.45. The molecule has 3 heterocycles. The van der Waals surface area contributed by atoms with E-state index < -0.39 is 36.0 Å². The highest BCUT2D eigenvalue weighted by Gasteiger charge is 2.52. The molecule has 3 unspecified atom stereocenters. The van der Waals surface area contributed by atoms with Crippen LogP contribution in [0.4, 0.5) is 10.2 Å². The molecule has 1 aliphatic heterocycles. The number of carbonyl (C=O) groups is 2. The summed E-state index contributed by atoms with van der Waals surface area (Å²) in [7, 11) is 0. The first-order valence-electron chi connectivity index (χ1n) is 11.8. The first-order chi connectivity index (χ1) is 17.8. The van der Waals surface area contributed by atoms with Gasteiger partial charge in [0.1, 0.15) is 11.7 Å². The lowest BCUT2D eigenvalue weighted by atomic mass is 9.94. The molecule has 2 aromatic heterocycles. The van der Waals surface area contributed by atoms with Crippen LogP contribution in [0.1, 0.15) is 32.1 Å². The maximum absolute atomic E-state index is 15.1. The Morgan fingerprint density at radius 1 is 1.19 bits per heavy atom. The molecule has 0 amide bonds. The molecule has 0 aliphatic carbocycles. The number of nitrogens with zero attached hydrogens (tertiary/aromatic N) is 4. The van der Waals surface area contributed by atoms with E-state index in [1.165, 1.54) is 10.9 Å². The van der Waals surface area contributed by atoms with Crippen molar-refractivity contribution in [2.24, 2.45) is 0 Å². The molecule has 3 aromatic rings. The molecule has 1 aliphatic rings. The standard InChI is InChI=1S/C24H27ClFN5O6/c1-3-34-21(32)24(22(33)35-4-2,11-14-8-6-5-7-9-14)36-12-15-10-16(26)20(37-15)31-13-28-17-18(27)29-23(25)30-19(17)31/h5-9,13,15-16,20H,3-4,10-12H2,1-2H3,(H2,27,29,30). The second kappa shape index (κ2) is 11.4. The summed E-state index contributed by atoms with van der Waals surface area (Å²) in [5, 5.41) is -0.116. The highest BCUT2D eigenvalue weighted by molar-refractivity contribution is 6.28. The van der Waals surface area contributed by atoms with Crippen LogP contribution in [0.25, 0.3) is 11.2 Å². The molecule has 1 aromatic carbocycles. The molecule has 0 spiro atoms. The van der Waals surface area contributed by atoms with Gasteiger partial charge in [-0.05, 0) is 31.0 Å². The van der Waals surface area contributed by atoms with Crippen molar-refractivity contribution < 1.29 is 32.9 Å². The minimum Gasteiger partial charge on any atom is -0.463 e. The van der Waals surface area contributed by atoms with Gasteiger partial charge in [0.15, 0.2) is 17.7 Å². The van der Waals surface area contributed by atoms with Crippen LogP contribution in [0.3, 0.4) is 0 Å². The van der Waals surface area contributed by atoms with Crippen molar-refractivity contribution in [3.63, 3.8) is 0 Å². The summed E-state index contributed by atoms with van der Waals surface area (Å²) in [6.07, 6.45) is -2.28. The van der Waals surface area contributed by atoms with Gasteiger partial charge in [0.05, 0.1) is 32.3 Å². The van der Waals surface area contributed by atoms with Crippen LogP contribution >= 0.6 is 11.6 Å². The van der Waals surface area contributed by atoms with Gasteiger partial charge in [0, 0.05) is 12.8 Å². The molecule has 0 radical (unpaired) electrons. The molecule has 198 valence electrons. The van der Waals surface area contributed by atoms with E-state index in [4.69, 9.17) is 36.3 Å². The molecule has 1 fully saturated rings. The highest BCUT2D eigenvalue weighted by Crippen LogP contribution is 2.35. The van der Waals surface area contributed by atoms with E-state index in [1.54, 1.807) is 44.2 Å². The van der Waals surface area contributed by atoms with E-state index >= 15 is 4.39 Å². The van der Waals surface area contributed by atoms with Gasteiger partial charge in [-0.15, -0.1) is 0 Å². The zero-order valence-corrected chi connectivity index (χ0v) is 21.1. The summed E-state index contributed by atoms with van der Waals surface area (Å²) < 4.78 is 38.8. The summed E-state index contributed by atoms with van der Waals surface area (Å²) >= 11 is 5.92. The second-order valence-electron chi connectivity index (χ2n) is 8.34. The maximum atomic E-state index is 15.1. The number of fused-ring (bicyclic) bond motifs is 1. The van der Waals surface area contributed by atoms with Crippen molar-refractivity contribution in [1.29, 1.82) is 0 Å². The number of nitrogens with two attached hydrogens (primary N) is 1. The predicted octanol–water partition coefficient (Wildman–Crippen LogP) is 2.81. The Hall–Kier alpha value is -3.35. The Labute approximate surface area is 217 Å². The Balaban J connectivity index is 1.58. The van der Waals surface area contributed by atoms with E-state index in [1.807, 2.05) is 0 Å². The maximum Gasteiger partial charge on any atom is 0.350 e. The lowest BCUT2D eigenvalue weighted by molar-refractivity contribution is -0.195. The van der Waals surface area contributed by atoms with Crippen molar-refractivity contribution in [3.8, 4) is 0 Å². The van der Waals surface area contributed by atoms with E-state index in [-0.39, 0.29) is 54.9 Å². The number of anilines is 1. The number of hydrogen-bond acceptors (Lipinski definition) is 10. The van der Waals surface area contributed by atoms with E-state index in [9.17, 15) is 9.59 Å². The minimum atomic E-state index is -2.10. The van der Waals surface area contributed by atoms with Gasteiger partial charge in [-0.2, -0.15) is 9.97 Å². The molecule has 4 rings (SSSR count). The minimum absolute atomic E-state index is 0.0218. The van der Waals surface area contributed by atoms with E-state index in [0.717, 1.165) is 0 Å². The fraction of sp³-hybridized carbons (Fsp3) is 0.458. The number of halogens is 2. The van der Waals surface area contributed by atoms with Crippen LogP contribution in [0, 0.1) is 0 Å². The number of nitrogen functional groups attached to an aromatic ring is 1. The van der Waals surface area contributed by atoms with Crippen LogP contribution < -0.4 is 5.73 Å². The Bertz CT molecular complexity index is 1240. The van der Waals surface area contributed by atoms with Gasteiger partial charge in [-0.1, -0.05) is 30.3 Å². The number of esters is 2. The Kier molecular flexibility index (Phi) is 8.20. The van der Waals surface area contributed by atoms with Gasteiger partial charge in [0.25, 0.3) is 5.60 Å². The summed E-state index contributed by atoms with van der Waals surface area (Å²) in [4.78, 5) is 38.3. The van der Waals surface area contributed by atoms with Crippen molar-refractivity contribution in [2.75, 3.05) is 25.6 Å². The zero-order valence-electron chi connectivity index (χ0n) is 20.3. The largest absolute Gasteiger partial charge is 0.463 e. The van der Waals surface area contributed by atoms with E-state index in [2.05, 4.69) is 15.0 Å². The first-order valence-corrected chi connectivity index (χ1v) is 12.1. The van der Waals surface area contributed by atoms with Gasteiger partial charge >= 0.3 is 11.9 Å². The topological polar surface area (TPSA) is 141 Å². The van der Waals surface area contributed by atoms with Crippen molar-refractivity contribution >= 4 is 40.5 Å². The van der Waals surface area contributed by atoms with Gasteiger partial charge in [-0.3, -0.25) is 4.57 Å². The number of alkyl halides is 1. The van der Waals surface area contributed by atoms with Gasteiger partial charge < -0.3 is 24.7 Å². The number of imidazole rings is 1. The zero-order chi connectivity index (χ0) is 26.6. The molecule has 0 bridgehead atoms. The molecule has 13 heteroatoms. The molecule has 37 heavy (non-hydrogen) atoms. The fourth-order valence-electron chi connectivity index (χ4n) is 4.16. The normalized spacial score (nSPS) is 19.7.